The molecule has 0 spiro atoms. The number of rotatable bonds is 5. The van der Waals surface area contributed by atoms with E-state index in [0.29, 0.717) is 12.0 Å². The Morgan fingerprint density at radius 1 is 1.33 bits per heavy atom. The molecule has 0 aliphatic carbocycles. The lowest BCUT2D eigenvalue weighted by Crippen LogP contribution is -3.13. The second-order valence-corrected chi connectivity index (χ2v) is 6.95. The minimum absolute atomic E-state index is 0.0209. The standard InChI is InChI=1S/C19H27N3O2/c1-2-10-21-12-8-16(9-13-21)20-19(24)15-5-3-6-17(14-15)22-11-4-7-18(22)23/h3,5-6,14,16H,2,4,7-13H2,1H3,(H,20,24)/p+1. The molecule has 0 aromatic heterocycles. The van der Waals surface area contributed by atoms with Gasteiger partial charge in [-0.25, -0.2) is 0 Å². The first-order valence-electron chi connectivity index (χ1n) is 9.22. The molecule has 2 aliphatic rings. The van der Waals surface area contributed by atoms with Gasteiger partial charge in [0.1, 0.15) is 0 Å². The molecule has 2 amide bonds. The first kappa shape index (κ1) is 17.0. The van der Waals surface area contributed by atoms with E-state index in [0.717, 1.165) is 44.6 Å². The molecular weight excluding hydrogens is 302 g/mol. The summed E-state index contributed by atoms with van der Waals surface area (Å²) in [4.78, 5) is 27.9. The van der Waals surface area contributed by atoms with Crippen molar-refractivity contribution in [2.24, 2.45) is 0 Å². The predicted octanol–water partition coefficient (Wildman–Crippen LogP) is 1.00. The number of amides is 2. The van der Waals surface area contributed by atoms with E-state index in [1.54, 1.807) is 9.80 Å². The smallest absolute Gasteiger partial charge is 0.251 e. The zero-order chi connectivity index (χ0) is 16.9. The summed E-state index contributed by atoms with van der Waals surface area (Å²) in [6, 6.07) is 7.72. The van der Waals surface area contributed by atoms with Gasteiger partial charge in [-0.3, -0.25) is 9.59 Å². The molecule has 2 saturated heterocycles. The Bertz CT molecular complexity index is 594. The fraction of sp³-hybridized carbons (Fsp3) is 0.579. The third-order valence-corrected chi connectivity index (χ3v) is 5.12. The molecule has 2 aliphatic heterocycles. The largest absolute Gasteiger partial charge is 0.349 e. The van der Waals surface area contributed by atoms with Crippen molar-refractivity contribution in [3.63, 3.8) is 0 Å². The number of anilines is 1. The van der Waals surface area contributed by atoms with Gasteiger partial charge in [0.2, 0.25) is 5.91 Å². The highest BCUT2D eigenvalue weighted by molar-refractivity contribution is 5.99. The Morgan fingerprint density at radius 2 is 2.12 bits per heavy atom. The summed E-state index contributed by atoms with van der Waals surface area (Å²) >= 11 is 0. The number of likely N-dealkylation sites (tertiary alicyclic amines) is 1. The first-order chi connectivity index (χ1) is 11.7. The highest BCUT2D eigenvalue weighted by Gasteiger charge is 2.25. The molecule has 2 N–H and O–H groups in total. The minimum Gasteiger partial charge on any atom is -0.349 e. The van der Waals surface area contributed by atoms with Crippen molar-refractivity contribution in [2.75, 3.05) is 31.1 Å². The van der Waals surface area contributed by atoms with Crippen LogP contribution in [0.15, 0.2) is 24.3 Å². The predicted molar refractivity (Wildman–Crippen MR) is 94.4 cm³/mol. The van der Waals surface area contributed by atoms with E-state index >= 15 is 0 Å². The average Bonchev–Trinajstić information content (AvgIpc) is 3.03. The van der Waals surface area contributed by atoms with Crippen molar-refractivity contribution in [3.05, 3.63) is 29.8 Å². The maximum absolute atomic E-state index is 12.5. The van der Waals surface area contributed by atoms with Crippen LogP contribution >= 0.6 is 0 Å². The van der Waals surface area contributed by atoms with Gasteiger partial charge in [-0.05, 0) is 31.0 Å². The van der Waals surface area contributed by atoms with Gasteiger partial charge in [0, 0.05) is 43.1 Å². The monoisotopic (exact) mass is 330 g/mol. The fourth-order valence-electron chi connectivity index (χ4n) is 3.78. The second-order valence-electron chi connectivity index (χ2n) is 6.95. The summed E-state index contributed by atoms with van der Waals surface area (Å²) in [7, 11) is 0. The van der Waals surface area contributed by atoms with Crippen LogP contribution in [-0.2, 0) is 4.79 Å². The molecule has 0 atom stereocenters. The molecule has 0 radical (unpaired) electrons. The summed E-state index contributed by atoms with van der Waals surface area (Å²) in [6.45, 7) is 6.48. The van der Waals surface area contributed by atoms with Crippen molar-refractivity contribution in [2.45, 2.75) is 45.1 Å². The molecule has 1 aromatic carbocycles. The summed E-state index contributed by atoms with van der Waals surface area (Å²) in [6.07, 6.45) is 4.81. The van der Waals surface area contributed by atoms with Gasteiger partial charge in [0.05, 0.1) is 19.6 Å². The molecule has 1 aromatic rings. The lowest BCUT2D eigenvalue weighted by molar-refractivity contribution is -0.905. The summed E-state index contributed by atoms with van der Waals surface area (Å²) in [5, 5.41) is 3.17. The molecule has 5 nitrogen and oxygen atoms in total. The van der Waals surface area contributed by atoms with Gasteiger partial charge in [0.25, 0.3) is 5.91 Å². The maximum Gasteiger partial charge on any atom is 0.251 e. The van der Waals surface area contributed by atoms with E-state index in [9.17, 15) is 9.59 Å². The van der Waals surface area contributed by atoms with Crippen LogP contribution < -0.4 is 15.1 Å². The van der Waals surface area contributed by atoms with Crippen LogP contribution in [0.2, 0.25) is 0 Å². The third-order valence-electron chi connectivity index (χ3n) is 5.12. The van der Waals surface area contributed by atoms with E-state index in [1.807, 2.05) is 24.3 Å². The molecule has 0 saturated carbocycles. The van der Waals surface area contributed by atoms with Crippen LogP contribution in [0.25, 0.3) is 0 Å². The Morgan fingerprint density at radius 3 is 2.79 bits per heavy atom. The summed E-state index contributed by atoms with van der Waals surface area (Å²) < 4.78 is 0. The molecule has 5 heteroatoms. The number of benzene rings is 1. The van der Waals surface area contributed by atoms with Crippen LogP contribution in [0.1, 0.15) is 49.4 Å². The van der Waals surface area contributed by atoms with E-state index in [-0.39, 0.29) is 17.9 Å². The number of nitrogens with zero attached hydrogens (tertiary/aromatic N) is 1. The highest BCUT2D eigenvalue weighted by atomic mass is 16.2. The topological polar surface area (TPSA) is 53.9 Å². The zero-order valence-corrected chi connectivity index (χ0v) is 14.5. The van der Waals surface area contributed by atoms with Gasteiger partial charge in [-0.1, -0.05) is 13.0 Å². The number of nitrogens with one attached hydrogen (secondary N) is 2. The number of hydrogen-bond donors (Lipinski definition) is 2. The SMILES string of the molecule is CCC[NH+]1CCC(NC(=O)c2cccc(N3CCCC3=O)c2)CC1. The third kappa shape index (κ3) is 3.96. The molecule has 0 bridgehead atoms. The molecule has 2 fully saturated rings. The van der Waals surface area contributed by atoms with Crippen LogP contribution in [0, 0.1) is 0 Å². The first-order valence-corrected chi connectivity index (χ1v) is 9.22. The zero-order valence-electron chi connectivity index (χ0n) is 14.5. The minimum atomic E-state index is -0.0209. The average molecular weight is 330 g/mol. The van der Waals surface area contributed by atoms with E-state index in [2.05, 4.69) is 12.2 Å². The molecule has 24 heavy (non-hydrogen) atoms. The van der Waals surface area contributed by atoms with Crippen LogP contribution in [-0.4, -0.2) is 44.0 Å². The van der Waals surface area contributed by atoms with Gasteiger partial charge < -0.3 is 15.1 Å². The Labute approximate surface area is 144 Å². The molecule has 130 valence electrons. The number of carbonyl (C=O) groups excluding carboxylic acids is 2. The van der Waals surface area contributed by atoms with Crippen molar-refractivity contribution < 1.29 is 14.5 Å². The van der Waals surface area contributed by atoms with Crippen molar-refractivity contribution in [1.29, 1.82) is 0 Å². The van der Waals surface area contributed by atoms with Crippen molar-refractivity contribution >= 4 is 17.5 Å². The quantitative estimate of drug-likeness (QED) is 0.846. The lowest BCUT2D eigenvalue weighted by Gasteiger charge is -2.29. The number of quaternary nitrogens is 1. The summed E-state index contributed by atoms with van der Waals surface area (Å²) in [5.41, 5.74) is 1.49. The van der Waals surface area contributed by atoms with E-state index in [4.69, 9.17) is 0 Å². The lowest BCUT2D eigenvalue weighted by atomic mass is 10.0. The molecular formula is C19H28N3O2+. The van der Waals surface area contributed by atoms with E-state index in [1.165, 1.54) is 13.0 Å². The second kappa shape index (κ2) is 7.79. The Balaban J connectivity index is 1.58. The van der Waals surface area contributed by atoms with Crippen LogP contribution in [0.3, 0.4) is 0 Å². The van der Waals surface area contributed by atoms with Gasteiger partial charge >= 0.3 is 0 Å². The number of carbonyl (C=O) groups is 2. The summed E-state index contributed by atoms with van der Waals surface area (Å²) in [5.74, 6) is 0.131. The van der Waals surface area contributed by atoms with Gasteiger partial charge in [0.15, 0.2) is 0 Å². The highest BCUT2D eigenvalue weighted by Crippen LogP contribution is 2.22. The van der Waals surface area contributed by atoms with Crippen molar-refractivity contribution in [3.8, 4) is 0 Å². The number of piperidine rings is 1. The van der Waals surface area contributed by atoms with Crippen molar-refractivity contribution in [1.82, 2.24) is 5.32 Å². The van der Waals surface area contributed by atoms with Gasteiger partial charge in [-0.15, -0.1) is 0 Å². The molecule has 3 rings (SSSR count). The van der Waals surface area contributed by atoms with Crippen LogP contribution in [0.5, 0.6) is 0 Å². The normalized spacial score (nSPS) is 24.2. The molecule has 0 unspecified atom stereocenters. The van der Waals surface area contributed by atoms with E-state index < -0.39 is 0 Å². The maximum atomic E-state index is 12.5. The molecule has 2 heterocycles. The number of hydrogen-bond acceptors (Lipinski definition) is 2. The Hall–Kier alpha value is -1.88. The van der Waals surface area contributed by atoms with Crippen LogP contribution in [0.4, 0.5) is 5.69 Å². The fourth-order valence-corrected chi connectivity index (χ4v) is 3.78. The van der Waals surface area contributed by atoms with Gasteiger partial charge in [-0.2, -0.15) is 0 Å². The Kier molecular flexibility index (Phi) is 5.51.